The van der Waals surface area contributed by atoms with Crippen molar-refractivity contribution in [3.05, 3.63) is 84.2 Å². The fourth-order valence-electron chi connectivity index (χ4n) is 2.85. The molecular weight excluding hydrogens is 314 g/mol. The van der Waals surface area contributed by atoms with Crippen LogP contribution in [0.2, 0.25) is 0 Å². The molecule has 0 saturated carbocycles. The van der Waals surface area contributed by atoms with Gasteiger partial charge in [0.1, 0.15) is 6.61 Å². The Morgan fingerprint density at radius 2 is 1.72 bits per heavy atom. The molecule has 124 valence electrons. The first kappa shape index (κ1) is 15.2. The van der Waals surface area contributed by atoms with Gasteiger partial charge in [0.15, 0.2) is 0 Å². The second-order valence-corrected chi connectivity index (χ2v) is 5.73. The molecule has 0 fully saturated rings. The summed E-state index contributed by atoms with van der Waals surface area (Å²) in [5.41, 5.74) is 4.66. The van der Waals surface area contributed by atoms with Crippen LogP contribution in [0.1, 0.15) is 11.3 Å². The van der Waals surface area contributed by atoms with E-state index in [1.807, 2.05) is 72.9 Å². The standard InChI is InChI=1S/C20H17N3O2/c24-20(25-14-15-7-2-1-3-8-15)21-13-17-19-11-6-12-23(19)18-10-5-4-9-16(18)22-17/h1-12H,13-14H2,(H,21,24). The molecule has 0 radical (unpaired) electrons. The van der Waals surface area contributed by atoms with Crippen molar-refractivity contribution in [1.82, 2.24) is 14.7 Å². The second-order valence-electron chi connectivity index (χ2n) is 5.73. The third-order valence-corrected chi connectivity index (χ3v) is 4.05. The highest BCUT2D eigenvalue weighted by atomic mass is 16.5. The molecule has 0 aliphatic carbocycles. The number of rotatable bonds is 4. The molecule has 2 aromatic heterocycles. The van der Waals surface area contributed by atoms with Crippen LogP contribution in [0.15, 0.2) is 72.9 Å². The largest absolute Gasteiger partial charge is 0.445 e. The molecule has 2 aromatic carbocycles. The molecule has 2 heterocycles. The van der Waals surface area contributed by atoms with Crippen LogP contribution in [-0.4, -0.2) is 15.5 Å². The number of amides is 1. The summed E-state index contributed by atoms with van der Waals surface area (Å²) in [5, 5.41) is 2.78. The van der Waals surface area contributed by atoms with Gasteiger partial charge in [-0.05, 0) is 29.8 Å². The topological polar surface area (TPSA) is 55.6 Å². The maximum absolute atomic E-state index is 12.0. The van der Waals surface area contributed by atoms with Gasteiger partial charge in [0.05, 0.1) is 28.8 Å². The molecule has 4 aromatic rings. The zero-order chi connectivity index (χ0) is 17.1. The third-order valence-electron chi connectivity index (χ3n) is 4.05. The molecule has 0 atom stereocenters. The van der Waals surface area contributed by atoms with E-state index in [0.29, 0.717) is 6.54 Å². The molecule has 1 amide bonds. The van der Waals surface area contributed by atoms with E-state index in [0.717, 1.165) is 27.8 Å². The lowest BCUT2D eigenvalue weighted by atomic mass is 10.2. The lowest BCUT2D eigenvalue weighted by Gasteiger charge is -2.10. The molecule has 0 bridgehead atoms. The van der Waals surface area contributed by atoms with Crippen LogP contribution in [0.3, 0.4) is 0 Å². The van der Waals surface area contributed by atoms with E-state index in [2.05, 4.69) is 14.7 Å². The molecular formula is C20H17N3O2. The molecule has 0 aliphatic rings. The second kappa shape index (κ2) is 6.65. The summed E-state index contributed by atoms with van der Waals surface area (Å²) in [5.74, 6) is 0. The Bertz CT molecular complexity index is 1020. The first-order valence-electron chi connectivity index (χ1n) is 8.10. The lowest BCUT2D eigenvalue weighted by molar-refractivity contribution is 0.139. The highest BCUT2D eigenvalue weighted by Crippen LogP contribution is 2.18. The van der Waals surface area contributed by atoms with Gasteiger partial charge < -0.3 is 14.5 Å². The van der Waals surface area contributed by atoms with Crippen LogP contribution >= 0.6 is 0 Å². The van der Waals surface area contributed by atoms with E-state index in [9.17, 15) is 4.79 Å². The predicted molar refractivity (Wildman–Crippen MR) is 96.2 cm³/mol. The van der Waals surface area contributed by atoms with E-state index in [4.69, 9.17) is 4.74 Å². The van der Waals surface area contributed by atoms with E-state index >= 15 is 0 Å². The monoisotopic (exact) mass is 331 g/mol. The van der Waals surface area contributed by atoms with Gasteiger partial charge in [-0.25, -0.2) is 9.78 Å². The fourth-order valence-corrected chi connectivity index (χ4v) is 2.85. The van der Waals surface area contributed by atoms with Gasteiger partial charge in [0.2, 0.25) is 0 Å². The Morgan fingerprint density at radius 3 is 2.60 bits per heavy atom. The minimum absolute atomic E-state index is 0.248. The van der Waals surface area contributed by atoms with Crippen molar-refractivity contribution >= 4 is 22.6 Å². The smallest absolute Gasteiger partial charge is 0.407 e. The Kier molecular flexibility index (Phi) is 4.04. The first-order valence-corrected chi connectivity index (χ1v) is 8.10. The number of ether oxygens (including phenoxy) is 1. The van der Waals surface area contributed by atoms with Crippen molar-refractivity contribution in [1.29, 1.82) is 0 Å². The van der Waals surface area contributed by atoms with Crippen LogP contribution < -0.4 is 5.32 Å². The van der Waals surface area contributed by atoms with Crippen molar-refractivity contribution in [3.8, 4) is 0 Å². The Labute approximate surface area is 144 Å². The number of carbonyl (C=O) groups excluding carboxylic acids is 1. The summed E-state index contributed by atoms with van der Waals surface area (Å²) in [6.45, 7) is 0.560. The number of para-hydroxylation sites is 2. The van der Waals surface area contributed by atoms with Crippen LogP contribution in [0.4, 0.5) is 4.79 Å². The molecule has 0 unspecified atom stereocenters. The van der Waals surface area contributed by atoms with E-state index in [1.165, 1.54) is 0 Å². The van der Waals surface area contributed by atoms with Crippen molar-refractivity contribution in [2.24, 2.45) is 0 Å². The number of aromatic nitrogens is 2. The van der Waals surface area contributed by atoms with Crippen LogP contribution in [0.5, 0.6) is 0 Å². The average molecular weight is 331 g/mol. The number of benzene rings is 2. The molecule has 0 aliphatic heterocycles. The molecule has 0 saturated heterocycles. The maximum atomic E-state index is 12.0. The number of fused-ring (bicyclic) bond motifs is 3. The molecule has 25 heavy (non-hydrogen) atoms. The number of nitrogens with zero attached hydrogens (tertiary/aromatic N) is 2. The Balaban J connectivity index is 1.48. The van der Waals surface area contributed by atoms with Gasteiger partial charge in [-0.3, -0.25) is 0 Å². The summed E-state index contributed by atoms with van der Waals surface area (Å²) in [6.07, 6.45) is 1.54. The van der Waals surface area contributed by atoms with Crippen LogP contribution in [-0.2, 0) is 17.9 Å². The van der Waals surface area contributed by atoms with Gasteiger partial charge in [-0.2, -0.15) is 0 Å². The Hall–Kier alpha value is -3.34. The Morgan fingerprint density at radius 1 is 0.960 bits per heavy atom. The average Bonchev–Trinajstić information content (AvgIpc) is 3.15. The number of nitrogens with one attached hydrogen (secondary N) is 1. The lowest BCUT2D eigenvalue weighted by Crippen LogP contribution is -2.24. The molecule has 4 rings (SSSR count). The van der Waals surface area contributed by atoms with Crippen molar-refractivity contribution in [2.45, 2.75) is 13.2 Å². The minimum atomic E-state index is -0.455. The highest BCUT2D eigenvalue weighted by molar-refractivity contribution is 5.79. The SMILES string of the molecule is O=C(NCc1nc2ccccc2n2cccc12)OCc1ccccc1. The van der Waals surface area contributed by atoms with Gasteiger partial charge in [-0.1, -0.05) is 42.5 Å². The van der Waals surface area contributed by atoms with Crippen molar-refractivity contribution in [2.75, 3.05) is 0 Å². The van der Waals surface area contributed by atoms with Crippen LogP contribution in [0, 0.1) is 0 Å². The zero-order valence-corrected chi connectivity index (χ0v) is 13.6. The number of hydrogen-bond acceptors (Lipinski definition) is 3. The van der Waals surface area contributed by atoms with Crippen molar-refractivity contribution < 1.29 is 9.53 Å². The van der Waals surface area contributed by atoms with Crippen LogP contribution in [0.25, 0.3) is 16.6 Å². The summed E-state index contributed by atoms with van der Waals surface area (Å²) >= 11 is 0. The fraction of sp³-hybridized carbons (Fsp3) is 0.100. The van der Waals surface area contributed by atoms with E-state index < -0.39 is 6.09 Å². The minimum Gasteiger partial charge on any atom is -0.445 e. The molecule has 1 N–H and O–H groups in total. The number of carbonyl (C=O) groups is 1. The quantitative estimate of drug-likeness (QED) is 0.617. The summed E-state index contributed by atoms with van der Waals surface area (Å²) < 4.78 is 7.32. The van der Waals surface area contributed by atoms with Gasteiger partial charge >= 0.3 is 6.09 Å². The summed E-state index contributed by atoms with van der Waals surface area (Å²) in [6, 6.07) is 21.5. The molecule has 0 spiro atoms. The first-order chi connectivity index (χ1) is 12.3. The van der Waals surface area contributed by atoms with Gasteiger partial charge in [0.25, 0.3) is 0 Å². The van der Waals surface area contributed by atoms with E-state index in [-0.39, 0.29) is 6.61 Å². The molecule has 5 heteroatoms. The van der Waals surface area contributed by atoms with Gasteiger partial charge in [-0.15, -0.1) is 0 Å². The van der Waals surface area contributed by atoms with E-state index in [1.54, 1.807) is 0 Å². The normalized spacial score (nSPS) is 10.9. The molecule has 5 nitrogen and oxygen atoms in total. The van der Waals surface area contributed by atoms with Crippen molar-refractivity contribution in [3.63, 3.8) is 0 Å². The zero-order valence-electron chi connectivity index (χ0n) is 13.6. The third kappa shape index (κ3) is 3.17. The number of alkyl carbamates (subject to hydrolysis) is 1. The maximum Gasteiger partial charge on any atom is 0.407 e. The number of hydrogen-bond donors (Lipinski definition) is 1. The van der Waals surface area contributed by atoms with Gasteiger partial charge in [0, 0.05) is 6.20 Å². The predicted octanol–water partition coefficient (Wildman–Crippen LogP) is 3.91. The summed E-state index contributed by atoms with van der Waals surface area (Å²) in [7, 11) is 0. The highest BCUT2D eigenvalue weighted by Gasteiger charge is 2.09. The summed E-state index contributed by atoms with van der Waals surface area (Å²) in [4.78, 5) is 16.6.